The zero-order valence-electron chi connectivity index (χ0n) is 13.3. The van der Waals surface area contributed by atoms with Crippen LogP contribution in [0.3, 0.4) is 0 Å². The first-order valence-corrected chi connectivity index (χ1v) is 7.61. The Labute approximate surface area is 141 Å². The van der Waals surface area contributed by atoms with Crippen molar-refractivity contribution in [2.45, 2.75) is 19.6 Å². The fourth-order valence-corrected chi connectivity index (χ4v) is 2.33. The van der Waals surface area contributed by atoms with E-state index < -0.39 is 6.10 Å². The molecule has 1 aliphatic rings. The second-order valence-corrected chi connectivity index (χ2v) is 5.42. The average molecular weight is 342 g/mol. The highest BCUT2D eigenvalue weighted by atomic mass is 16.6. The van der Waals surface area contributed by atoms with Crippen LogP contribution in [0.1, 0.15) is 11.7 Å². The molecule has 1 aromatic carbocycles. The molecule has 0 spiro atoms. The van der Waals surface area contributed by atoms with E-state index in [0.29, 0.717) is 28.8 Å². The second-order valence-electron chi connectivity index (χ2n) is 5.42. The number of hydrogen-bond acceptors (Lipinski definition) is 8. The van der Waals surface area contributed by atoms with Gasteiger partial charge >= 0.3 is 0 Å². The lowest BCUT2D eigenvalue weighted by atomic mass is 10.2. The Morgan fingerprint density at radius 3 is 2.88 bits per heavy atom. The van der Waals surface area contributed by atoms with Crippen LogP contribution in [0, 0.1) is 6.92 Å². The van der Waals surface area contributed by atoms with E-state index in [0.717, 1.165) is 0 Å². The van der Waals surface area contributed by atoms with Crippen LogP contribution in [0.15, 0.2) is 39.4 Å². The first kappa shape index (κ1) is 15.2. The predicted molar refractivity (Wildman–Crippen MR) is 82.7 cm³/mol. The van der Waals surface area contributed by atoms with Crippen molar-refractivity contribution in [3.63, 3.8) is 0 Å². The summed E-state index contributed by atoms with van der Waals surface area (Å²) in [6, 6.07) is 8.88. The van der Waals surface area contributed by atoms with Crippen LogP contribution < -0.4 is 14.8 Å². The van der Waals surface area contributed by atoms with E-state index in [9.17, 15) is 4.79 Å². The molecule has 9 nitrogen and oxygen atoms in total. The smallest absolute Gasteiger partial charge is 0.265 e. The maximum Gasteiger partial charge on any atom is 0.265 e. The molecular weight excluding hydrogens is 328 g/mol. The molecule has 1 atom stereocenters. The molecule has 25 heavy (non-hydrogen) atoms. The van der Waals surface area contributed by atoms with Gasteiger partial charge in [-0.05, 0) is 19.1 Å². The number of rotatable bonds is 4. The average Bonchev–Trinajstić information content (AvgIpc) is 3.28. The first-order chi connectivity index (χ1) is 12.2. The molecule has 1 N–H and O–H groups in total. The highest BCUT2D eigenvalue weighted by Crippen LogP contribution is 2.30. The van der Waals surface area contributed by atoms with Crippen LogP contribution in [0.4, 0.5) is 0 Å². The Morgan fingerprint density at radius 2 is 2.08 bits per heavy atom. The van der Waals surface area contributed by atoms with Crippen molar-refractivity contribution in [3.8, 4) is 23.0 Å². The van der Waals surface area contributed by atoms with Gasteiger partial charge in [-0.15, -0.1) is 0 Å². The van der Waals surface area contributed by atoms with Crippen LogP contribution in [0.25, 0.3) is 11.5 Å². The molecule has 0 unspecified atom stereocenters. The third kappa shape index (κ3) is 3.16. The summed E-state index contributed by atoms with van der Waals surface area (Å²) in [5.74, 6) is 2.02. The molecule has 0 radical (unpaired) electrons. The molecule has 0 aliphatic carbocycles. The minimum absolute atomic E-state index is 0.0736. The topological polar surface area (TPSA) is 113 Å². The van der Waals surface area contributed by atoms with Crippen LogP contribution in [0.5, 0.6) is 11.5 Å². The number of benzene rings is 1. The molecule has 3 heterocycles. The maximum atomic E-state index is 12.2. The normalized spacial score (nSPS) is 15.8. The summed E-state index contributed by atoms with van der Waals surface area (Å²) in [5, 5.41) is 10.3. The number of nitrogens with zero attached hydrogens (tertiary/aromatic N) is 3. The third-order valence-corrected chi connectivity index (χ3v) is 3.54. The fraction of sp³-hybridized carbons (Fsp3) is 0.250. The highest BCUT2D eigenvalue weighted by Gasteiger charge is 2.27. The zero-order chi connectivity index (χ0) is 17.2. The molecule has 1 aliphatic heterocycles. The van der Waals surface area contributed by atoms with Gasteiger partial charge in [-0.25, -0.2) is 0 Å². The Morgan fingerprint density at radius 1 is 1.24 bits per heavy atom. The number of hydrogen-bond donors (Lipinski definition) is 1. The van der Waals surface area contributed by atoms with E-state index in [1.165, 1.54) is 0 Å². The first-order valence-electron chi connectivity index (χ1n) is 7.61. The summed E-state index contributed by atoms with van der Waals surface area (Å²) in [4.78, 5) is 16.4. The van der Waals surface area contributed by atoms with Gasteiger partial charge < -0.3 is 23.8 Å². The van der Waals surface area contributed by atoms with Gasteiger partial charge in [-0.3, -0.25) is 4.79 Å². The summed E-state index contributed by atoms with van der Waals surface area (Å²) in [5.41, 5.74) is 0.472. The van der Waals surface area contributed by atoms with Gasteiger partial charge in [0.25, 0.3) is 5.91 Å². The maximum absolute atomic E-state index is 12.2. The number of amides is 1. The van der Waals surface area contributed by atoms with Crippen molar-refractivity contribution in [2.75, 3.05) is 6.61 Å². The molecule has 0 saturated heterocycles. The predicted octanol–water partition coefficient (Wildman–Crippen LogP) is 1.49. The number of para-hydroxylation sites is 2. The largest absolute Gasteiger partial charge is 0.485 e. The molecule has 128 valence electrons. The summed E-state index contributed by atoms with van der Waals surface area (Å²) in [7, 11) is 0. The molecule has 3 aromatic rings. The summed E-state index contributed by atoms with van der Waals surface area (Å²) < 4.78 is 21.2. The standard InChI is InChI=1S/C16H14N4O5/c1-9-6-10(19-24-9)15-18-14(25-20-15)7-17-16(21)13-8-22-11-4-2-3-5-12(11)23-13/h2-6,13H,7-8H2,1H3,(H,17,21)/t13-/m1/s1. The van der Waals surface area contributed by atoms with Crippen LogP contribution in [-0.2, 0) is 11.3 Å². The number of aromatic nitrogens is 3. The van der Waals surface area contributed by atoms with Crippen LogP contribution in [0.2, 0.25) is 0 Å². The summed E-state index contributed by atoms with van der Waals surface area (Å²) in [6.07, 6.45) is -0.740. The van der Waals surface area contributed by atoms with Gasteiger partial charge in [0.1, 0.15) is 12.4 Å². The van der Waals surface area contributed by atoms with Crippen molar-refractivity contribution in [2.24, 2.45) is 0 Å². The van der Waals surface area contributed by atoms with Crippen LogP contribution >= 0.6 is 0 Å². The Hall–Kier alpha value is -3.36. The second kappa shape index (κ2) is 6.27. The lowest BCUT2D eigenvalue weighted by molar-refractivity contribution is -0.130. The van der Waals surface area contributed by atoms with Crippen molar-refractivity contribution in [1.82, 2.24) is 20.6 Å². The number of aryl methyl sites for hydroxylation is 1. The van der Waals surface area contributed by atoms with E-state index >= 15 is 0 Å². The fourth-order valence-electron chi connectivity index (χ4n) is 2.33. The highest BCUT2D eigenvalue weighted by molar-refractivity contribution is 5.81. The number of ether oxygens (including phenoxy) is 2. The molecule has 9 heteroatoms. The lowest BCUT2D eigenvalue weighted by Crippen LogP contribution is -2.43. The van der Waals surface area contributed by atoms with Crippen molar-refractivity contribution < 1.29 is 23.3 Å². The van der Waals surface area contributed by atoms with Gasteiger partial charge in [-0.2, -0.15) is 4.98 Å². The van der Waals surface area contributed by atoms with Gasteiger partial charge in [0.05, 0.1) is 6.54 Å². The van der Waals surface area contributed by atoms with Crippen LogP contribution in [-0.4, -0.2) is 33.9 Å². The monoisotopic (exact) mass is 342 g/mol. The zero-order valence-corrected chi connectivity index (χ0v) is 13.3. The molecule has 0 bridgehead atoms. The molecule has 0 fully saturated rings. The molecule has 2 aromatic heterocycles. The number of carbonyl (C=O) groups excluding carboxylic acids is 1. The molecule has 0 saturated carbocycles. The number of carbonyl (C=O) groups is 1. The quantitative estimate of drug-likeness (QED) is 0.759. The Balaban J connectivity index is 1.36. The minimum Gasteiger partial charge on any atom is -0.485 e. The molecular formula is C16H14N4O5. The Bertz CT molecular complexity index is 903. The van der Waals surface area contributed by atoms with Gasteiger partial charge in [-0.1, -0.05) is 22.4 Å². The molecule has 4 rings (SSSR count). The third-order valence-electron chi connectivity index (χ3n) is 3.54. The van der Waals surface area contributed by atoms with Gasteiger partial charge in [0.15, 0.2) is 17.2 Å². The SMILES string of the molecule is Cc1cc(-c2noc(CNC(=O)[C@H]3COc4ccccc4O3)n2)no1. The van der Waals surface area contributed by atoms with Crippen molar-refractivity contribution >= 4 is 5.91 Å². The van der Waals surface area contributed by atoms with E-state index in [4.69, 9.17) is 18.5 Å². The lowest BCUT2D eigenvalue weighted by Gasteiger charge is -2.25. The van der Waals surface area contributed by atoms with Crippen molar-refractivity contribution in [3.05, 3.63) is 42.0 Å². The van der Waals surface area contributed by atoms with E-state index in [1.54, 1.807) is 25.1 Å². The number of nitrogens with one attached hydrogen (secondary N) is 1. The van der Waals surface area contributed by atoms with Crippen molar-refractivity contribution in [1.29, 1.82) is 0 Å². The Kier molecular flexibility index (Phi) is 3.81. The van der Waals surface area contributed by atoms with Gasteiger partial charge in [0.2, 0.25) is 17.8 Å². The summed E-state index contributed by atoms with van der Waals surface area (Å²) >= 11 is 0. The van der Waals surface area contributed by atoms with E-state index in [-0.39, 0.29) is 24.9 Å². The van der Waals surface area contributed by atoms with E-state index in [2.05, 4.69) is 20.6 Å². The minimum atomic E-state index is -0.740. The van der Waals surface area contributed by atoms with E-state index in [1.807, 2.05) is 12.1 Å². The summed E-state index contributed by atoms with van der Waals surface area (Å²) in [6.45, 7) is 1.97. The molecule has 1 amide bonds. The number of fused-ring (bicyclic) bond motifs is 1. The van der Waals surface area contributed by atoms with Gasteiger partial charge in [0, 0.05) is 6.07 Å².